The lowest BCUT2D eigenvalue weighted by Crippen LogP contribution is -2.32. The summed E-state index contributed by atoms with van der Waals surface area (Å²) in [7, 11) is 0. The van der Waals surface area contributed by atoms with Crippen LogP contribution in [0.1, 0.15) is 41.5 Å². The van der Waals surface area contributed by atoms with Crippen LogP contribution in [0.5, 0.6) is 0 Å². The average molecular weight is 468 g/mol. The van der Waals surface area contributed by atoms with E-state index in [0.29, 0.717) is 10.8 Å². The molecule has 1 aliphatic rings. The minimum Gasteiger partial charge on any atom is -0.451 e. The summed E-state index contributed by atoms with van der Waals surface area (Å²) in [4.78, 5) is 41.0. The SMILES string of the molecule is CC(C)n1nc(C(=O)OCC(=O)N2c3ccccc3CCc3ccccc32)c2ccccc2c1=O. The van der Waals surface area contributed by atoms with Crippen LogP contribution in [0, 0.1) is 0 Å². The van der Waals surface area contributed by atoms with Gasteiger partial charge in [0.25, 0.3) is 11.5 Å². The fraction of sp³-hybridized carbons (Fsp3) is 0.214. The van der Waals surface area contributed by atoms with Crippen molar-refractivity contribution in [2.24, 2.45) is 0 Å². The molecule has 0 saturated heterocycles. The number of rotatable bonds is 4. The van der Waals surface area contributed by atoms with Gasteiger partial charge in [-0.25, -0.2) is 9.48 Å². The van der Waals surface area contributed by atoms with Crippen LogP contribution in [0.4, 0.5) is 11.4 Å². The number of para-hydroxylation sites is 2. The van der Waals surface area contributed by atoms with Gasteiger partial charge in [0.1, 0.15) is 0 Å². The molecule has 0 spiro atoms. The molecular formula is C28H25N3O4. The van der Waals surface area contributed by atoms with E-state index >= 15 is 0 Å². The van der Waals surface area contributed by atoms with E-state index in [0.717, 1.165) is 35.3 Å². The van der Waals surface area contributed by atoms with E-state index in [1.165, 1.54) is 4.68 Å². The maximum Gasteiger partial charge on any atom is 0.359 e. The summed E-state index contributed by atoms with van der Waals surface area (Å²) >= 11 is 0. The summed E-state index contributed by atoms with van der Waals surface area (Å²) in [6.45, 7) is 3.17. The van der Waals surface area contributed by atoms with E-state index in [1.54, 1.807) is 29.2 Å². The van der Waals surface area contributed by atoms with Gasteiger partial charge in [-0.15, -0.1) is 0 Å². The molecule has 176 valence electrons. The van der Waals surface area contributed by atoms with Crippen LogP contribution in [0.25, 0.3) is 10.8 Å². The Morgan fingerprint density at radius 1 is 0.857 bits per heavy atom. The number of aryl methyl sites for hydroxylation is 2. The van der Waals surface area contributed by atoms with Crippen LogP contribution < -0.4 is 10.5 Å². The molecular weight excluding hydrogens is 442 g/mol. The van der Waals surface area contributed by atoms with Crippen molar-refractivity contribution in [3.05, 3.63) is 100.0 Å². The van der Waals surface area contributed by atoms with Gasteiger partial charge >= 0.3 is 5.97 Å². The number of hydrogen-bond donors (Lipinski definition) is 0. The minimum absolute atomic E-state index is 0.0124. The Bertz CT molecular complexity index is 1460. The summed E-state index contributed by atoms with van der Waals surface area (Å²) < 4.78 is 6.75. The maximum atomic E-state index is 13.5. The molecule has 4 aromatic rings. The third kappa shape index (κ3) is 4.10. The van der Waals surface area contributed by atoms with Gasteiger partial charge in [-0.1, -0.05) is 54.6 Å². The second-order valence-corrected chi connectivity index (χ2v) is 8.80. The zero-order chi connectivity index (χ0) is 24.5. The topological polar surface area (TPSA) is 81.5 Å². The molecule has 0 bridgehead atoms. The fourth-order valence-corrected chi connectivity index (χ4v) is 4.52. The molecule has 7 nitrogen and oxygen atoms in total. The quantitative estimate of drug-likeness (QED) is 0.410. The summed E-state index contributed by atoms with van der Waals surface area (Å²) in [5.74, 6) is -1.11. The highest BCUT2D eigenvalue weighted by Gasteiger charge is 2.27. The van der Waals surface area contributed by atoms with Crippen LogP contribution in [-0.4, -0.2) is 28.3 Å². The molecule has 0 N–H and O–H groups in total. The highest BCUT2D eigenvalue weighted by molar-refractivity contribution is 6.06. The largest absolute Gasteiger partial charge is 0.451 e. The molecule has 0 aliphatic carbocycles. The fourth-order valence-electron chi connectivity index (χ4n) is 4.52. The second-order valence-electron chi connectivity index (χ2n) is 8.80. The first-order valence-electron chi connectivity index (χ1n) is 11.6. The normalized spacial score (nSPS) is 12.7. The van der Waals surface area contributed by atoms with Gasteiger partial charge in [-0.05, 0) is 56.0 Å². The number of hydrogen-bond acceptors (Lipinski definition) is 5. The first-order valence-corrected chi connectivity index (χ1v) is 11.6. The lowest BCUT2D eigenvalue weighted by molar-refractivity contribution is -0.121. The molecule has 0 saturated carbocycles. The van der Waals surface area contributed by atoms with Gasteiger partial charge in [0.05, 0.1) is 22.8 Å². The standard InChI is InChI=1S/C28H25N3O4/c1-18(2)31-27(33)22-12-6-5-11-21(22)26(29-31)28(34)35-17-25(32)30-23-13-7-3-9-19(23)15-16-20-10-4-8-14-24(20)30/h3-14,18H,15-17H2,1-2H3. The summed E-state index contributed by atoms with van der Waals surface area (Å²) in [6, 6.07) is 22.1. The number of nitrogens with zero attached hydrogens (tertiary/aromatic N) is 3. The molecule has 5 rings (SSSR count). The third-order valence-electron chi connectivity index (χ3n) is 6.22. The van der Waals surface area contributed by atoms with Crippen LogP contribution in [0.2, 0.25) is 0 Å². The van der Waals surface area contributed by atoms with Crippen LogP contribution >= 0.6 is 0 Å². The van der Waals surface area contributed by atoms with Crippen molar-refractivity contribution in [1.29, 1.82) is 0 Å². The monoisotopic (exact) mass is 467 g/mol. The first-order chi connectivity index (χ1) is 17.0. The average Bonchev–Trinajstić information content (AvgIpc) is 3.04. The number of benzene rings is 3. The Morgan fingerprint density at radius 3 is 2.00 bits per heavy atom. The van der Waals surface area contributed by atoms with E-state index in [1.807, 2.05) is 62.4 Å². The van der Waals surface area contributed by atoms with E-state index in [4.69, 9.17) is 4.74 Å². The number of esters is 1. The lowest BCUT2D eigenvalue weighted by atomic mass is 10.0. The van der Waals surface area contributed by atoms with Gasteiger partial charge in [0, 0.05) is 5.39 Å². The molecule has 35 heavy (non-hydrogen) atoms. The molecule has 0 unspecified atom stereocenters. The molecule has 1 aliphatic heterocycles. The third-order valence-corrected chi connectivity index (χ3v) is 6.22. The number of fused-ring (bicyclic) bond motifs is 3. The van der Waals surface area contributed by atoms with Gasteiger partial charge in [-0.2, -0.15) is 5.10 Å². The molecule has 0 atom stereocenters. The number of ether oxygens (including phenoxy) is 1. The van der Waals surface area contributed by atoms with Crippen molar-refractivity contribution in [2.45, 2.75) is 32.7 Å². The molecule has 0 radical (unpaired) electrons. The number of carbonyl (C=O) groups is 2. The van der Waals surface area contributed by atoms with Gasteiger partial charge < -0.3 is 4.74 Å². The number of anilines is 2. The molecule has 3 aromatic carbocycles. The zero-order valence-electron chi connectivity index (χ0n) is 19.6. The Kier molecular flexibility index (Phi) is 5.91. The smallest absolute Gasteiger partial charge is 0.359 e. The summed E-state index contributed by atoms with van der Waals surface area (Å²) in [5, 5.41) is 5.06. The first kappa shape index (κ1) is 22.5. The Balaban J connectivity index is 1.47. The van der Waals surface area contributed by atoms with Crippen LogP contribution in [-0.2, 0) is 22.4 Å². The zero-order valence-corrected chi connectivity index (χ0v) is 19.6. The van der Waals surface area contributed by atoms with Crippen molar-refractivity contribution in [2.75, 3.05) is 11.5 Å². The number of carbonyl (C=O) groups excluding carboxylic acids is 2. The van der Waals surface area contributed by atoms with Crippen molar-refractivity contribution in [3.63, 3.8) is 0 Å². The minimum atomic E-state index is -0.750. The van der Waals surface area contributed by atoms with Crippen LogP contribution in [0.3, 0.4) is 0 Å². The predicted octanol–water partition coefficient (Wildman–Crippen LogP) is 4.60. The van der Waals surface area contributed by atoms with Crippen molar-refractivity contribution >= 4 is 34.0 Å². The van der Waals surface area contributed by atoms with Crippen molar-refractivity contribution < 1.29 is 14.3 Å². The van der Waals surface area contributed by atoms with E-state index in [2.05, 4.69) is 5.10 Å². The Hall–Kier alpha value is -4.26. The molecule has 7 heteroatoms. The van der Waals surface area contributed by atoms with Gasteiger partial charge in [0.15, 0.2) is 12.3 Å². The molecule has 1 aromatic heterocycles. The molecule has 0 fully saturated rings. The van der Waals surface area contributed by atoms with Gasteiger partial charge in [0.2, 0.25) is 0 Å². The molecule has 1 amide bonds. The van der Waals surface area contributed by atoms with E-state index in [-0.39, 0.29) is 23.2 Å². The van der Waals surface area contributed by atoms with E-state index < -0.39 is 12.6 Å². The predicted molar refractivity (Wildman–Crippen MR) is 134 cm³/mol. The Labute approximate surface area is 202 Å². The maximum absolute atomic E-state index is 13.5. The van der Waals surface area contributed by atoms with Crippen molar-refractivity contribution in [3.8, 4) is 0 Å². The highest BCUT2D eigenvalue weighted by atomic mass is 16.5. The number of aromatic nitrogens is 2. The number of amides is 1. The lowest BCUT2D eigenvalue weighted by Gasteiger charge is -2.24. The Morgan fingerprint density at radius 2 is 1.40 bits per heavy atom. The van der Waals surface area contributed by atoms with Crippen LogP contribution in [0.15, 0.2) is 77.6 Å². The summed E-state index contributed by atoms with van der Waals surface area (Å²) in [5.41, 5.74) is 3.42. The van der Waals surface area contributed by atoms with Gasteiger partial charge in [-0.3, -0.25) is 14.5 Å². The van der Waals surface area contributed by atoms with E-state index in [9.17, 15) is 14.4 Å². The van der Waals surface area contributed by atoms with Crippen molar-refractivity contribution in [1.82, 2.24) is 9.78 Å². The molecule has 2 heterocycles. The summed E-state index contributed by atoms with van der Waals surface area (Å²) in [6.07, 6.45) is 1.62. The second kappa shape index (κ2) is 9.18. The highest BCUT2D eigenvalue weighted by Crippen LogP contribution is 2.36.